The molecule has 1 spiro atoms. The Labute approximate surface area is 127 Å². The van der Waals surface area contributed by atoms with Gasteiger partial charge in [0.25, 0.3) is 5.91 Å². The molecule has 6 heteroatoms. The van der Waals surface area contributed by atoms with Crippen molar-refractivity contribution in [2.45, 2.75) is 37.3 Å². The number of hydrogen-bond acceptors (Lipinski definition) is 4. The van der Waals surface area contributed by atoms with Gasteiger partial charge in [-0.3, -0.25) is 4.79 Å². The minimum atomic E-state index is -0.0957. The van der Waals surface area contributed by atoms with Crippen LogP contribution in [0.25, 0.3) is 0 Å². The number of halogens is 1. The molecule has 0 aromatic carbocycles. The number of thiophene rings is 1. The average molecular weight is 316 g/mol. The molecule has 0 radical (unpaired) electrons. The topological polar surface area (TPSA) is 47.6 Å². The number of hydrogen-bond donors (Lipinski definition) is 1. The maximum atomic E-state index is 12.2. The summed E-state index contributed by atoms with van der Waals surface area (Å²) < 4.78 is 12.0. The number of nitrogens with one attached hydrogen (secondary N) is 1. The van der Waals surface area contributed by atoms with E-state index in [0.717, 1.165) is 38.9 Å². The first kappa shape index (κ1) is 14.3. The summed E-state index contributed by atoms with van der Waals surface area (Å²) in [6.07, 6.45) is 3.59. The highest BCUT2D eigenvalue weighted by atomic mass is 35.5. The second-order valence-electron chi connectivity index (χ2n) is 5.41. The molecule has 1 atom stereocenters. The van der Waals surface area contributed by atoms with E-state index < -0.39 is 0 Å². The highest BCUT2D eigenvalue weighted by Gasteiger charge is 2.39. The minimum Gasteiger partial charge on any atom is -0.381 e. The predicted octanol–water partition coefficient (Wildman–Crippen LogP) is 2.86. The molecule has 0 saturated carbocycles. The molecule has 2 fully saturated rings. The molecule has 20 heavy (non-hydrogen) atoms. The van der Waals surface area contributed by atoms with Gasteiger partial charge in [-0.1, -0.05) is 11.6 Å². The molecule has 2 aliphatic rings. The van der Waals surface area contributed by atoms with E-state index in [1.165, 1.54) is 11.3 Å². The van der Waals surface area contributed by atoms with Crippen LogP contribution in [-0.4, -0.2) is 37.4 Å². The second-order valence-corrected chi connectivity index (χ2v) is 7.13. The molecule has 2 saturated heterocycles. The van der Waals surface area contributed by atoms with Gasteiger partial charge < -0.3 is 14.8 Å². The lowest BCUT2D eigenvalue weighted by Gasteiger charge is -2.43. The molecular weight excluding hydrogens is 298 g/mol. The van der Waals surface area contributed by atoms with Crippen molar-refractivity contribution in [2.75, 3.05) is 19.8 Å². The van der Waals surface area contributed by atoms with Crippen molar-refractivity contribution in [3.8, 4) is 0 Å². The van der Waals surface area contributed by atoms with Crippen LogP contribution in [0.1, 0.15) is 35.4 Å². The van der Waals surface area contributed by atoms with Crippen LogP contribution in [0.4, 0.5) is 0 Å². The zero-order valence-corrected chi connectivity index (χ0v) is 12.8. The molecule has 0 aliphatic carbocycles. The third-order valence-corrected chi connectivity index (χ3v) is 5.26. The van der Waals surface area contributed by atoms with E-state index in [2.05, 4.69) is 5.32 Å². The zero-order chi connectivity index (χ0) is 14.0. The lowest BCUT2D eigenvalue weighted by Crippen LogP contribution is -2.50. The Hall–Kier alpha value is -0.620. The largest absolute Gasteiger partial charge is 0.381 e. The first-order chi connectivity index (χ1) is 9.67. The van der Waals surface area contributed by atoms with Crippen molar-refractivity contribution in [2.24, 2.45) is 0 Å². The van der Waals surface area contributed by atoms with Gasteiger partial charge in [-0.25, -0.2) is 0 Å². The second kappa shape index (κ2) is 6.02. The van der Waals surface area contributed by atoms with Crippen molar-refractivity contribution < 1.29 is 14.3 Å². The van der Waals surface area contributed by atoms with Crippen molar-refractivity contribution in [1.29, 1.82) is 0 Å². The molecular formula is C14H18ClNO3S. The normalized spacial score (nSPS) is 25.6. The number of carbonyl (C=O) groups excluding carboxylic acids is 1. The van der Waals surface area contributed by atoms with E-state index in [1.807, 2.05) is 0 Å². The summed E-state index contributed by atoms with van der Waals surface area (Å²) in [5.41, 5.74) is -0.0957. The van der Waals surface area contributed by atoms with E-state index in [4.69, 9.17) is 21.1 Å². The lowest BCUT2D eigenvalue weighted by atomic mass is 9.84. The predicted molar refractivity (Wildman–Crippen MR) is 78.6 cm³/mol. The first-order valence-electron chi connectivity index (χ1n) is 6.95. The number of rotatable bonds is 2. The van der Waals surface area contributed by atoms with Crippen LogP contribution in [0.3, 0.4) is 0 Å². The average Bonchev–Trinajstić information content (AvgIpc) is 2.86. The van der Waals surface area contributed by atoms with E-state index >= 15 is 0 Å². The van der Waals surface area contributed by atoms with Crippen LogP contribution in [0.2, 0.25) is 4.34 Å². The molecule has 3 rings (SSSR count). The molecule has 4 nitrogen and oxygen atoms in total. The summed E-state index contributed by atoms with van der Waals surface area (Å²) in [5.74, 6) is -0.0315. The Bertz CT molecular complexity index is 479. The van der Waals surface area contributed by atoms with Crippen molar-refractivity contribution >= 4 is 28.8 Å². The molecule has 1 amide bonds. The lowest BCUT2D eigenvalue weighted by molar-refractivity contribution is -0.139. The van der Waals surface area contributed by atoms with Crippen LogP contribution in [0, 0.1) is 0 Å². The standard InChI is InChI=1S/C14H18ClNO3S/c15-12-2-1-11(20-12)13(17)16-10-3-6-19-14(9-10)4-7-18-8-5-14/h1-2,10H,3-9H2,(H,16,17)/t10-/m1/s1. The molecule has 1 aromatic rings. The van der Waals surface area contributed by atoms with Gasteiger partial charge in [0.05, 0.1) is 14.8 Å². The maximum absolute atomic E-state index is 12.2. The number of amides is 1. The van der Waals surface area contributed by atoms with Gasteiger partial charge >= 0.3 is 0 Å². The SMILES string of the molecule is O=C(N[C@@H]1CCOC2(CCOCC2)C1)c1ccc(Cl)s1. The van der Waals surface area contributed by atoms with E-state index in [1.54, 1.807) is 12.1 Å². The summed E-state index contributed by atoms with van der Waals surface area (Å²) >= 11 is 7.18. The Balaban J connectivity index is 1.61. The van der Waals surface area contributed by atoms with Gasteiger partial charge in [0, 0.05) is 25.9 Å². The minimum absolute atomic E-state index is 0.0315. The quantitative estimate of drug-likeness (QED) is 0.913. The Morgan fingerprint density at radius 2 is 2.15 bits per heavy atom. The maximum Gasteiger partial charge on any atom is 0.261 e. The van der Waals surface area contributed by atoms with E-state index in [9.17, 15) is 4.79 Å². The summed E-state index contributed by atoms with van der Waals surface area (Å²) in [6, 6.07) is 3.70. The van der Waals surface area contributed by atoms with Crippen LogP contribution in [0.5, 0.6) is 0 Å². The van der Waals surface area contributed by atoms with Gasteiger partial charge in [0.2, 0.25) is 0 Å². The fraction of sp³-hybridized carbons (Fsp3) is 0.643. The van der Waals surface area contributed by atoms with Crippen molar-refractivity contribution in [1.82, 2.24) is 5.32 Å². The Kier molecular flexibility index (Phi) is 4.31. The smallest absolute Gasteiger partial charge is 0.261 e. The summed E-state index contributed by atoms with van der Waals surface area (Å²) in [7, 11) is 0. The fourth-order valence-electron chi connectivity index (χ4n) is 2.94. The van der Waals surface area contributed by atoms with Gasteiger partial charge in [-0.2, -0.15) is 0 Å². The Morgan fingerprint density at radius 3 is 2.85 bits per heavy atom. The summed E-state index contributed by atoms with van der Waals surface area (Å²) in [4.78, 5) is 12.8. The van der Waals surface area contributed by atoms with E-state index in [0.29, 0.717) is 15.8 Å². The summed E-state index contributed by atoms with van der Waals surface area (Å²) in [6.45, 7) is 2.21. The third-order valence-electron chi connectivity index (χ3n) is 4.03. The van der Waals surface area contributed by atoms with Crippen molar-refractivity contribution in [3.05, 3.63) is 21.3 Å². The highest BCUT2D eigenvalue weighted by molar-refractivity contribution is 7.17. The van der Waals surface area contributed by atoms with Crippen LogP contribution in [0.15, 0.2) is 12.1 Å². The zero-order valence-electron chi connectivity index (χ0n) is 11.2. The summed E-state index contributed by atoms with van der Waals surface area (Å²) in [5, 5.41) is 3.11. The molecule has 1 N–H and O–H groups in total. The molecule has 0 bridgehead atoms. The monoisotopic (exact) mass is 315 g/mol. The molecule has 3 heterocycles. The number of ether oxygens (including phenoxy) is 2. The molecule has 2 aliphatic heterocycles. The molecule has 1 aromatic heterocycles. The van der Waals surface area contributed by atoms with Gasteiger partial charge in [0.15, 0.2) is 0 Å². The van der Waals surface area contributed by atoms with Crippen LogP contribution in [-0.2, 0) is 9.47 Å². The van der Waals surface area contributed by atoms with Crippen LogP contribution >= 0.6 is 22.9 Å². The third kappa shape index (κ3) is 3.17. The highest BCUT2D eigenvalue weighted by Crippen LogP contribution is 2.34. The number of carbonyl (C=O) groups is 1. The van der Waals surface area contributed by atoms with Gasteiger partial charge in [-0.15, -0.1) is 11.3 Å². The first-order valence-corrected chi connectivity index (χ1v) is 8.14. The van der Waals surface area contributed by atoms with E-state index in [-0.39, 0.29) is 17.6 Å². The van der Waals surface area contributed by atoms with Gasteiger partial charge in [-0.05, 0) is 37.8 Å². The molecule has 110 valence electrons. The molecule has 0 unspecified atom stereocenters. The van der Waals surface area contributed by atoms with Gasteiger partial charge in [0.1, 0.15) is 0 Å². The Morgan fingerprint density at radius 1 is 1.35 bits per heavy atom. The fourth-order valence-corrected chi connectivity index (χ4v) is 3.88. The van der Waals surface area contributed by atoms with Crippen LogP contribution < -0.4 is 5.32 Å². The van der Waals surface area contributed by atoms with Crippen molar-refractivity contribution in [3.63, 3.8) is 0 Å².